The van der Waals surface area contributed by atoms with Gasteiger partial charge in [0.15, 0.2) is 0 Å². The number of hydrogen-bond acceptors (Lipinski definition) is 2. The first-order valence-corrected chi connectivity index (χ1v) is 6.89. The van der Waals surface area contributed by atoms with Gasteiger partial charge in [-0.1, -0.05) is 25.1 Å². The molecule has 1 aromatic carbocycles. The van der Waals surface area contributed by atoms with E-state index in [0.717, 1.165) is 34.6 Å². The van der Waals surface area contributed by atoms with Crippen LogP contribution in [0.15, 0.2) is 24.3 Å². The largest absolute Gasteiger partial charge is 0.326 e. The molecule has 0 bridgehead atoms. The number of nitrogens with one attached hydrogen (secondary N) is 1. The summed E-state index contributed by atoms with van der Waals surface area (Å²) in [7, 11) is 1.90. The van der Waals surface area contributed by atoms with Gasteiger partial charge in [-0.25, -0.2) is 0 Å². The van der Waals surface area contributed by atoms with Crippen molar-refractivity contribution < 1.29 is 4.79 Å². The van der Waals surface area contributed by atoms with Crippen molar-refractivity contribution in [2.75, 3.05) is 5.32 Å². The van der Waals surface area contributed by atoms with Gasteiger partial charge in [0.1, 0.15) is 0 Å². The minimum atomic E-state index is 0.00472. The highest BCUT2D eigenvalue weighted by Gasteiger charge is 2.14. The zero-order valence-corrected chi connectivity index (χ0v) is 12.5. The maximum atomic E-state index is 12.2. The topological polar surface area (TPSA) is 46.9 Å². The van der Waals surface area contributed by atoms with Crippen LogP contribution in [-0.4, -0.2) is 15.7 Å². The predicted octanol–water partition coefficient (Wildman–Crippen LogP) is 2.78. The molecule has 0 aliphatic rings. The van der Waals surface area contributed by atoms with Gasteiger partial charge in [-0.15, -0.1) is 0 Å². The molecule has 1 heterocycles. The van der Waals surface area contributed by atoms with Crippen LogP contribution in [0.3, 0.4) is 0 Å². The molecule has 0 saturated heterocycles. The van der Waals surface area contributed by atoms with Crippen molar-refractivity contribution in [1.29, 1.82) is 0 Å². The van der Waals surface area contributed by atoms with Crippen molar-refractivity contribution in [3.8, 4) is 0 Å². The van der Waals surface area contributed by atoms with E-state index in [1.165, 1.54) is 0 Å². The highest BCUT2D eigenvalue weighted by molar-refractivity contribution is 5.93. The number of rotatable bonds is 4. The third-order valence-corrected chi connectivity index (χ3v) is 3.67. The average Bonchev–Trinajstić information content (AvgIpc) is 2.66. The lowest BCUT2D eigenvalue weighted by atomic mass is 10.1. The molecule has 4 heteroatoms. The van der Waals surface area contributed by atoms with Gasteiger partial charge in [0.25, 0.3) is 0 Å². The molecule has 0 aliphatic heterocycles. The van der Waals surface area contributed by atoms with Crippen molar-refractivity contribution in [3.05, 3.63) is 46.8 Å². The van der Waals surface area contributed by atoms with E-state index < -0.39 is 0 Å². The smallest absolute Gasteiger partial charge is 0.228 e. The van der Waals surface area contributed by atoms with Crippen LogP contribution in [-0.2, 0) is 24.7 Å². The molecule has 0 aliphatic carbocycles. The maximum absolute atomic E-state index is 12.2. The zero-order chi connectivity index (χ0) is 14.7. The van der Waals surface area contributed by atoms with Gasteiger partial charge in [0.2, 0.25) is 5.91 Å². The van der Waals surface area contributed by atoms with E-state index >= 15 is 0 Å². The third-order valence-electron chi connectivity index (χ3n) is 3.67. The van der Waals surface area contributed by atoms with Crippen molar-refractivity contribution in [2.24, 2.45) is 7.05 Å². The second-order valence-electron chi connectivity index (χ2n) is 5.01. The zero-order valence-electron chi connectivity index (χ0n) is 12.5. The Hall–Kier alpha value is -2.10. The predicted molar refractivity (Wildman–Crippen MR) is 80.8 cm³/mol. The first kappa shape index (κ1) is 14.3. The Morgan fingerprint density at radius 2 is 2.00 bits per heavy atom. The summed E-state index contributed by atoms with van der Waals surface area (Å²) in [4.78, 5) is 12.2. The van der Waals surface area contributed by atoms with Gasteiger partial charge in [-0.05, 0) is 31.9 Å². The van der Waals surface area contributed by atoms with Gasteiger partial charge >= 0.3 is 0 Å². The molecule has 0 atom stereocenters. The Bertz CT molecular complexity index is 629. The Morgan fingerprint density at radius 1 is 1.30 bits per heavy atom. The number of carbonyl (C=O) groups is 1. The van der Waals surface area contributed by atoms with Crippen molar-refractivity contribution in [3.63, 3.8) is 0 Å². The van der Waals surface area contributed by atoms with Gasteiger partial charge in [0.05, 0.1) is 12.1 Å². The molecular weight excluding hydrogens is 250 g/mol. The summed E-state index contributed by atoms with van der Waals surface area (Å²) in [5.41, 5.74) is 5.03. The van der Waals surface area contributed by atoms with Gasteiger partial charge in [-0.2, -0.15) is 5.10 Å². The van der Waals surface area contributed by atoms with Crippen LogP contribution in [0.2, 0.25) is 0 Å². The minimum absolute atomic E-state index is 0.00472. The highest BCUT2D eigenvalue weighted by Crippen LogP contribution is 2.17. The Balaban J connectivity index is 2.13. The van der Waals surface area contributed by atoms with E-state index in [2.05, 4.69) is 17.3 Å². The minimum Gasteiger partial charge on any atom is -0.326 e. The number of benzene rings is 1. The lowest BCUT2D eigenvalue weighted by Crippen LogP contribution is -2.16. The summed E-state index contributed by atoms with van der Waals surface area (Å²) >= 11 is 0. The molecule has 106 valence electrons. The molecule has 1 aromatic heterocycles. The van der Waals surface area contributed by atoms with E-state index in [4.69, 9.17) is 0 Å². The number of carbonyl (C=O) groups excluding carboxylic acids is 1. The normalized spacial score (nSPS) is 10.6. The van der Waals surface area contributed by atoms with Crippen LogP contribution in [0, 0.1) is 13.8 Å². The molecule has 0 fully saturated rings. The number of aromatic nitrogens is 2. The monoisotopic (exact) mass is 271 g/mol. The molecule has 2 aromatic rings. The Morgan fingerprint density at radius 3 is 2.60 bits per heavy atom. The van der Waals surface area contributed by atoms with Crippen LogP contribution in [0.4, 0.5) is 5.69 Å². The fourth-order valence-corrected chi connectivity index (χ4v) is 2.38. The molecule has 4 nitrogen and oxygen atoms in total. The third kappa shape index (κ3) is 2.90. The number of aryl methyl sites for hydroxylation is 3. The summed E-state index contributed by atoms with van der Waals surface area (Å²) in [5.74, 6) is 0.00472. The molecule has 1 N–H and O–H groups in total. The Kier molecular flexibility index (Phi) is 4.23. The lowest BCUT2D eigenvalue weighted by Gasteiger charge is -2.09. The van der Waals surface area contributed by atoms with Crippen LogP contribution >= 0.6 is 0 Å². The number of hydrogen-bond donors (Lipinski definition) is 1. The van der Waals surface area contributed by atoms with Crippen LogP contribution < -0.4 is 5.32 Å². The molecule has 0 radical (unpaired) electrons. The second-order valence-corrected chi connectivity index (χ2v) is 5.01. The van der Waals surface area contributed by atoms with E-state index in [0.29, 0.717) is 6.42 Å². The second kappa shape index (κ2) is 5.90. The van der Waals surface area contributed by atoms with Crippen molar-refractivity contribution in [1.82, 2.24) is 9.78 Å². The van der Waals surface area contributed by atoms with Crippen LogP contribution in [0.25, 0.3) is 0 Å². The quantitative estimate of drug-likeness (QED) is 0.929. The van der Waals surface area contributed by atoms with Crippen LogP contribution in [0.1, 0.15) is 29.4 Å². The SMILES string of the molecule is CCc1ccccc1NC(=O)Cc1c(C)nn(C)c1C. The Labute approximate surface area is 119 Å². The molecule has 2 rings (SSSR count). The maximum Gasteiger partial charge on any atom is 0.228 e. The molecular formula is C16H21N3O. The molecule has 0 spiro atoms. The summed E-state index contributed by atoms with van der Waals surface area (Å²) in [6.07, 6.45) is 1.27. The van der Waals surface area contributed by atoms with Gasteiger partial charge in [0, 0.05) is 24.0 Å². The standard InChI is InChI=1S/C16H21N3O/c1-5-13-8-6-7-9-15(13)17-16(20)10-14-11(2)18-19(4)12(14)3/h6-9H,5,10H2,1-4H3,(H,17,20). The number of anilines is 1. The number of nitrogens with zero attached hydrogens (tertiary/aromatic N) is 2. The van der Waals surface area contributed by atoms with Gasteiger partial charge in [-0.3, -0.25) is 9.48 Å². The first-order valence-electron chi connectivity index (χ1n) is 6.89. The van der Waals surface area contributed by atoms with Crippen molar-refractivity contribution >= 4 is 11.6 Å². The van der Waals surface area contributed by atoms with Gasteiger partial charge < -0.3 is 5.32 Å². The van der Waals surface area contributed by atoms with E-state index in [1.807, 2.05) is 49.8 Å². The number of para-hydroxylation sites is 1. The van der Waals surface area contributed by atoms with E-state index in [1.54, 1.807) is 0 Å². The molecule has 20 heavy (non-hydrogen) atoms. The van der Waals surface area contributed by atoms with E-state index in [9.17, 15) is 4.79 Å². The van der Waals surface area contributed by atoms with E-state index in [-0.39, 0.29) is 5.91 Å². The highest BCUT2D eigenvalue weighted by atomic mass is 16.1. The molecule has 0 unspecified atom stereocenters. The summed E-state index contributed by atoms with van der Waals surface area (Å²) < 4.78 is 1.82. The lowest BCUT2D eigenvalue weighted by molar-refractivity contribution is -0.115. The van der Waals surface area contributed by atoms with Crippen molar-refractivity contribution in [2.45, 2.75) is 33.6 Å². The summed E-state index contributed by atoms with van der Waals surface area (Å²) in [6.45, 7) is 6.01. The fraction of sp³-hybridized carbons (Fsp3) is 0.375. The summed E-state index contributed by atoms with van der Waals surface area (Å²) in [6, 6.07) is 7.91. The van der Waals surface area contributed by atoms with Crippen LogP contribution in [0.5, 0.6) is 0 Å². The number of amides is 1. The first-order chi connectivity index (χ1) is 9.52. The fourth-order valence-electron chi connectivity index (χ4n) is 2.38. The molecule has 1 amide bonds. The average molecular weight is 271 g/mol. The summed E-state index contributed by atoms with van der Waals surface area (Å²) in [5, 5.41) is 7.34. The molecule has 0 saturated carbocycles.